The Balaban J connectivity index is 1.94. The van der Waals surface area contributed by atoms with Crippen LogP contribution in [-0.4, -0.2) is 38.1 Å². The zero-order valence-electron chi connectivity index (χ0n) is 16.6. The Hall–Kier alpha value is -3.55. The number of nitrogens with one attached hydrogen (secondary N) is 2. The van der Waals surface area contributed by atoms with Gasteiger partial charge in [-0.3, -0.25) is 4.79 Å². The molecule has 0 spiro atoms. The highest BCUT2D eigenvalue weighted by Gasteiger charge is 2.30. The van der Waals surface area contributed by atoms with Crippen LogP contribution in [0.25, 0.3) is 0 Å². The normalized spacial score (nSPS) is 16.0. The van der Waals surface area contributed by atoms with Crippen molar-refractivity contribution in [2.45, 2.75) is 13.0 Å². The lowest BCUT2D eigenvalue weighted by atomic mass is 9.97. The van der Waals surface area contributed by atoms with Crippen LogP contribution in [0.1, 0.15) is 17.2 Å². The van der Waals surface area contributed by atoms with Gasteiger partial charge in [0.2, 0.25) is 0 Å². The van der Waals surface area contributed by atoms with Crippen molar-refractivity contribution < 1.29 is 23.5 Å². The highest BCUT2D eigenvalue weighted by Crippen LogP contribution is 2.34. The number of nitrogens with zero attached hydrogens (tertiary/aromatic N) is 1. The number of benzene rings is 2. The molecule has 0 saturated carbocycles. The number of ether oxygens (including phenoxy) is 2. The van der Waals surface area contributed by atoms with Crippen LogP contribution in [0.3, 0.4) is 0 Å². The molecule has 2 N–H and O–H groups in total. The molecular formula is C21H22FN3O4. The Bertz CT molecular complexity index is 973. The Morgan fingerprint density at radius 3 is 2.38 bits per heavy atom. The smallest absolute Gasteiger partial charge is 0.321 e. The van der Waals surface area contributed by atoms with Crippen molar-refractivity contribution in [1.29, 1.82) is 0 Å². The summed E-state index contributed by atoms with van der Waals surface area (Å²) in [6.07, 6.45) is 1.47. The van der Waals surface area contributed by atoms with Gasteiger partial charge in [-0.1, -0.05) is 12.1 Å². The number of aryl methyl sites for hydroxylation is 1. The SMILES string of the molecule is COc1cc(C)c(NC(=O)C2=CN(C)C(=O)NC2c2ccc(F)cc2)cc1OC. The van der Waals surface area contributed by atoms with E-state index >= 15 is 0 Å². The van der Waals surface area contributed by atoms with Gasteiger partial charge in [-0.05, 0) is 36.2 Å². The van der Waals surface area contributed by atoms with Crippen molar-refractivity contribution in [1.82, 2.24) is 10.2 Å². The first-order chi connectivity index (χ1) is 13.8. The number of urea groups is 1. The number of amides is 3. The minimum absolute atomic E-state index is 0.313. The minimum Gasteiger partial charge on any atom is -0.493 e. The van der Waals surface area contributed by atoms with Gasteiger partial charge in [0.25, 0.3) is 5.91 Å². The molecule has 7 nitrogen and oxygen atoms in total. The third kappa shape index (κ3) is 4.16. The Labute approximate surface area is 168 Å². The molecule has 8 heteroatoms. The Kier molecular flexibility index (Phi) is 5.72. The third-order valence-corrected chi connectivity index (χ3v) is 4.68. The van der Waals surface area contributed by atoms with Gasteiger partial charge in [-0.25, -0.2) is 9.18 Å². The average molecular weight is 399 g/mol. The third-order valence-electron chi connectivity index (χ3n) is 4.68. The Morgan fingerprint density at radius 1 is 1.14 bits per heavy atom. The van der Waals surface area contributed by atoms with Crippen LogP contribution >= 0.6 is 0 Å². The van der Waals surface area contributed by atoms with E-state index in [4.69, 9.17) is 9.47 Å². The fraction of sp³-hybridized carbons (Fsp3) is 0.238. The molecule has 2 aromatic carbocycles. The van der Waals surface area contributed by atoms with Crippen LogP contribution in [0.4, 0.5) is 14.9 Å². The monoisotopic (exact) mass is 399 g/mol. The highest BCUT2D eigenvalue weighted by atomic mass is 19.1. The maximum atomic E-state index is 13.3. The fourth-order valence-electron chi connectivity index (χ4n) is 3.06. The van der Waals surface area contributed by atoms with Gasteiger partial charge >= 0.3 is 6.03 Å². The largest absolute Gasteiger partial charge is 0.493 e. The molecule has 0 radical (unpaired) electrons. The van der Waals surface area contributed by atoms with Crippen molar-refractivity contribution in [3.05, 3.63) is 65.1 Å². The van der Waals surface area contributed by atoms with Crippen molar-refractivity contribution in [2.24, 2.45) is 0 Å². The van der Waals surface area contributed by atoms with E-state index in [2.05, 4.69) is 10.6 Å². The summed E-state index contributed by atoms with van der Waals surface area (Å²) in [5.74, 6) is 0.230. The van der Waals surface area contributed by atoms with Crippen LogP contribution in [0.2, 0.25) is 0 Å². The molecule has 0 saturated heterocycles. The molecule has 152 valence electrons. The standard InChI is InChI=1S/C21H22FN3O4/c1-12-9-17(28-3)18(29-4)10-16(12)23-20(26)15-11-25(2)21(27)24-19(15)13-5-7-14(22)8-6-13/h5-11,19H,1-4H3,(H,23,26)(H,24,27). The van der Waals surface area contributed by atoms with Gasteiger partial charge in [0.15, 0.2) is 11.5 Å². The van der Waals surface area contributed by atoms with E-state index in [-0.39, 0.29) is 6.03 Å². The summed E-state index contributed by atoms with van der Waals surface area (Å²) >= 11 is 0. The van der Waals surface area contributed by atoms with E-state index in [0.717, 1.165) is 5.56 Å². The molecule has 0 aromatic heterocycles. The topological polar surface area (TPSA) is 79.9 Å². The van der Waals surface area contributed by atoms with Crippen LogP contribution in [0, 0.1) is 12.7 Å². The van der Waals surface area contributed by atoms with E-state index in [1.807, 2.05) is 6.92 Å². The first kappa shape index (κ1) is 20.2. The van der Waals surface area contributed by atoms with Gasteiger partial charge in [0.1, 0.15) is 5.82 Å². The molecule has 0 fully saturated rings. The van der Waals surface area contributed by atoms with Crippen molar-refractivity contribution in [3.63, 3.8) is 0 Å². The van der Waals surface area contributed by atoms with Gasteiger partial charge in [0.05, 0.1) is 25.8 Å². The average Bonchev–Trinajstić information content (AvgIpc) is 2.71. The number of anilines is 1. The summed E-state index contributed by atoms with van der Waals surface area (Å²) in [5.41, 5.74) is 2.24. The quantitative estimate of drug-likeness (QED) is 0.808. The second-order valence-corrected chi connectivity index (χ2v) is 6.61. The van der Waals surface area contributed by atoms with Gasteiger partial charge in [-0.2, -0.15) is 0 Å². The van der Waals surface area contributed by atoms with E-state index in [9.17, 15) is 14.0 Å². The molecule has 3 amide bonds. The zero-order chi connectivity index (χ0) is 21.1. The van der Waals surface area contributed by atoms with E-state index in [0.29, 0.717) is 28.3 Å². The van der Waals surface area contributed by atoms with Crippen molar-refractivity contribution in [2.75, 3.05) is 26.6 Å². The first-order valence-electron chi connectivity index (χ1n) is 8.88. The lowest BCUT2D eigenvalue weighted by Crippen LogP contribution is -2.44. The first-order valence-corrected chi connectivity index (χ1v) is 8.88. The van der Waals surface area contributed by atoms with Crippen LogP contribution in [0.5, 0.6) is 11.5 Å². The van der Waals surface area contributed by atoms with E-state index in [1.165, 1.54) is 49.6 Å². The number of carbonyl (C=O) groups excluding carboxylic acids is 2. The fourth-order valence-corrected chi connectivity index (χ4v) is 3.06. The van der Waals surface area contributed by atoms with Gasteiger partial charge < -0.3 is 25.0 Å². The van der Waals surface area contributed by atoms with E-state index < -0.39 is 17.8 Å². The van der Waals surface area contributed by atoms with Gasteiger partial charge in [-0.15, -0.1) is 0 Å². The minimum atomic E-state index is -0.709. The summed E-state index contributed by atoms with van der Waals surface area (Å²) in [6.45, 7) is 1.83. The molecular weight excluding hydrogens is 377 g/mol. The second kappa shape index (κ2) is 8.22. The highest BCUT2D eigenvalue weighted by molar-refractivity contribution is 6.06. The second-order valence-electron chi connectivity index (χ2n) is 6.61. The Morgan fingerprint density at radius 2 is 1.76 bits per heavy atom. The number of hydrogen-bond donors (Lipinski definition) is 2. The lowest BCUT2D eigenvalue weighted by Gasteiger charge is -2.30. The number of carbonyl (C=O) groups is 2. The molecule has 1 aliphatic rings. The van der Waals surface area contributed by atoms with Crippen molar-refractivity contribution in [3.8, 4) is 11.5 Å². The van der Waals surface area contributed by atoms with Crippen LogP contribution in [0.15, 0.2) is 48.2 Å². The molecule has 0 bridgehead atoms. The predicted molar refractivity (Wildman–Crippen MR) is 106 cm³/mol. The zero-order valence-corrected chi connectivity index (χ0v) is 16.6. The predicted octanol–water partition coefficient (Wildman–Crippen LogP) is 3.37. The summed E-state index contributed by atoms with van der Waals surface area (Å²) in [6, 6.07) is 8.00. The molecule has 1 atom stereocenters. The maximum absolute atomic E-state index is 13.3. The van der Waals surface area contributed by atoms with Crippen LogP contribution < -0.4 is 20.1 Å². The molecule has 29 heavy (non-hydrogen) atoms. The lowest BCUT2D eigenvalue weighted by molar-refractivity contribution is -0.113. The molecule has 1 heterocycles. The summed E-state index contributed by atoms with van der Waals surface area (Å²) in [5, 5.41) is 5.62. The van der Waals surface area contributed by atoms with E-state index in [1.54, 1.807) is 19.2 Å². The molecule has 2 aromatic rings. The summed E-state index contributed by atoms with van der Waals surface area (Å²) < 4.78 is 23.9. The molecule has 1 aliphatic heterocycles. The van der Waals surface area contributed by atoms with Gasteiger partial charge in [0, 0.05) is 25.0 Å². The number of methoxy groups -OCH3 is 2. The summed E-state index contributed by atoms with van der Waals surface area (Å²) in [7, 11) is 4.59. The molecule has 3 rings (SSSR count). The van der Waals surface area contributed by atoms with Crippen LogP contribution in [-0.2, 0) is 4.79 Å². The number of halogens is 1. The summed E-state index contributed by atoms with van der Waals surface area (Å²) in [4.78, 5) is 26.5. The number of hydrogen-bond acceptors (Lipinski definition) is 4. The maximum Gasteiger partial charge on any atom is 0.321 e. The van der Waals surface area contributed by atoms with Crippen molar-refractivity contribution >= 4 is 17.6 Å². The molecule has 1 unspecified atom stereocenters. The molecule has 0 aliphatic carbocycles. The number of rotatable bonds is 5.